The average Bonchev–Trinajstić information content (AvgIpc) is 2.63. The number of ether oxygens (including phenoxy) is 1. The molecule has 1 atom stereocenters. The van der Waals surface area contributed by atoms with Gasteiger partial charge in [-0.05, 0) is 38.0 Å². The van der Waals surface area contributed by atoms with Gasteiger partial charge in [-0.3, -0.25) is 4.79 Å². The molecule has 1 unspecified atom stereocenters. The summed E-state index contributed by atoms with van der Waals surface area (Å²) < 4.78 is 32.6. The van der Waals surface area contributed by atoms with Crippen LogP contribution in [0.1, 0.15) is 39.0 Å². The van der Waals surface area contributed by atoms with E-state index in [2.05, 4.69) is 5.32 Å². The Hall–Kier alpha value is -1.44. The maximum atomic E-state index is 12.9. The quantitative estimate of drug-likeness (QED) is 0.889. The molecule has 0 radical (unpaired) electrons. The number of nitrogens with one attached hydrogen (secondary N) is 1. The van der Waals surface area contributed by atoms with E-state index < -0.39 is 10.0 Å². The minimum atomic E-state index is -3.59. The van der Waals surface area contributed by atoms with Gasteiger partial charge in [0.2, 0.25) is 15.9 Å². The number of hydrogen-bond acceptors (Lipinski definition) is 4. The first-order valence-corrected chi connectivity index (χ1v) is 10.4. The highest BCUT2D eigenvalue weighted by Crippen LogP contribution is 2.26. The summed E-state index contributed by atoms with van der Waals surface area (Å²) in [5.41, 5.74) is 0.539. The fourth-order valence-corrected chi connectivity index (χ4v) is 5.19. The Morgan fingerprint density at radius 1 is 1.24 bits per heavy atom. The molecule has 138 valence electrons. The Bertz CT molecular complexity index is 714. The number of benzene rings is 1. The van der Waals surface area contributed by atoms with E-state index in [1.807, 2.05) is 6.92 Å². The summed E-state index contributed by atoms with van der Waals surface area (Å²) >= 11 is 0. The summed E-state index contributed by atoms with van der Waals surface area (Å²) in [7, 11) is -3.59. The lowest BCUT2D eigenvalue weighted by Gasteiger charge is -2.32. The van der Waals surface area contributed by atoms with Crippen molar-refractivity contribution in [1.82, 2.24) is 4.31 Å². The van der Waals surface area contributed by atoms with Crippen LogP contribution >= 0.6 is 0 Å². The van der Waals surface area contributed by atoms with E-state index in [-0.39, 0.29) is 22.8 Å². The molecular weight excluding hydrogens is 340 g/mol. The van der Waals surface area contributed by atoms with Crippen molar-refractivity contribution in [2.45, 2.75) is 50.0 Å². The standard InChI is InChI=1S/C18H26N2O4S/c1-14-13-24-11-10-20(14)25(22,23)17-9-5-8-16(12-17)19-18(21)15-6-3-2-4-7-15/h5,8-9,12,14-15H,2-4,6-7,10-11,13H2,1H3,(H,19,21). The predicted octanol–water partition coefficient (Wildman–Crippen LogP) is 2.61. The molecule has 1 aliphatic carbocycles. The van der Waals surface area contributed by atoms with Crippen molar-refractivity contribution in [2.24, 2.45) is 5.92 Å². The number of morpholine rings is 1. The van der Waals surface area contributed by atoms with Gasteiger partial charge in [0.1, 0.15) is 0 Å². The lowest BCUT2D eigenvalue weighted by molar-refractivity contribution is -0.120. The molecule has 1 aliphatic heterocycles. The number of carbonyl (C=O) groups is 1. The zero-order chi connectivity index (χ0) is 17.9. The molecule has 1 amide bonds. The van der Waals surface area contributed by atoms with E-state index in [1.165, 1.54) is 10.7 Å². The Balaban J connectivity index is 1.75. The highest BCUT2D eigenvalue weighted by Gasteiger charge is 2.31. The normalized spacial score (nSPS) is 23.3. The van der Waals surface area contributed by atoms with Crippen LogP contribution in [0, 0.1) is 5.92 Å². The van der Waals surface area contributed by atoms with Crippen molar-refractivity contribution < 1.29 is 17.9 Å². The number of carbonyl (C=O) groups excluding carboxylic acids is 1. The lowest BCUT2D eigenvalue weighted by Crippen LogP contribution is -2.46. The van der Waals surface area contributed by atoms with Gasteiger partial charge in [0.05, 0.1) is 18.1 Å². The summed E-state index contributed by atoms with van der Waals surface area (Å²) in [6.07, 6.45) is 5.18. The first kappa shape index (κ1) is 18.4. The molecule has 7 heteroatoms. The molecule has 0 aromatic heterocycles. The first-order valence-electron chi connectivity index (χ1n) is 8.99. The molecule has 1 aromatic carbocycles. The Morgan fingerprint density at radius 3 is 2.72 bits per heavy atom. The Morgan fingerprint density at radius 2 is 2.00 bits per heavy atom. The van der Waals surface area contributed by atoms with E-state index in [0.717, 1.165) is 25.7 Å². The lowest BCUT2D eigenvalue weighted by atomic mass is 9.88. The van der Waals surface area contributed by atoms with E-state index in [9.17, 15) is 13.2 Å². The maximum absolute atomic E-state index is 12.9. The summed E-state index contributed by atoms with van der Waals surface area (Å²) in [4.78, 5) is 12.6. The molecule has 0 spiro atoms. The van der Waals surface area contributed by atoms with Gasteiger partial charge in [-0.25, -0.2) is 8.42 Å². The number of nitrogens with zero attached hydrogens (tertiary/aromatic N) is 1. The molecule has 1 saturated carbocycles. The molecule has 3 rings (SSSR count). The van der Waals surface area contributed by atoms with Gasteiger partial charge in [0.25, 0.3) is 0 Å². The second-order valence-electron chi connectivity index (χ2n) is 6.89. The monoisotopic (exact) mass is 366 g/mol. The second-order valence-corrected chi connectivity index (χ2v) is 8.78. The molecule has 2 aliphatic rings. The number of anilines is 1. The van der Waals surface area contributed by atoms with E-state index >= 15 is 0 Å². The van der Waals surface area contributed by atoms with Gasteiger partial charge < -0.3 is 10.1 Å². The number of hydrogen-bond donors (Lipinski definition) is 1. The van der Waals surface area contributed by atoms with E-state index in [0.29, 0.717) is 25.4 Å². The van der Waals surface area contributed by atoms with Crippen molar-refractivity contribution in [2.75, 3.05) is 25.1 Å². The largest absolute Gasteiger partial charge is 0.378 e. The van der Waals surface area contributed by atoms with Crippen LogP contribution in [0.4, 0.5) is 5.69 Å². The average molecular weight is 366 g/mol. The van der Waals surface area contributed by atoms with Gasteiger partial charge in [0.15, 0.2) is 0 Å². The molecule has 2 fully saturated rings. The van der Waals surface area contributed by atoms with Crippen LogP contribution in [-0.2, 0) is 19.6 Å². The molecule has 0 bridgehead atoms. The van der Waals surface area contributed by atoms with Gasteiger partial charge in [-0.15, -0.1) is 0 Å². The number of rotatable bonds is 4. The Labute approximate surface area is 149 Å². The minimum Gasteiger partial charge on any atom is -0.378 e. The number of amides is 1. The molecule has 1 aromatic rings. The predicted molar refractivity (Wildman–Crippen MR) is 95.8 cm³/mol. The van der Waals surface area contributed by atoms with Crippen LogP contribution < -0.4 is 5.32 Å². The van der Waals surface area contributed by atoms with Gasteiger partial charge in [-0.1, -0.05) is 25.3 Å². The van der Waals surface area contributed by atoms with Gasteiger partial charge in [-0.2, -0.15) is 4.31 Å². The van der Waals surface area contributed by atoms with Crippen LogP contribution in [0.25, 0.3) is 0 Å². The topological polar surface area (TPSA) is 75.7 Å². The van der Waals surface area contributed by atoms with E-state index in [1.54, 1.807) is 24.3 Å². The molecule has 6 nitrogen and oxygen atoms in total. The second kappa shape index (κ2) is 7.85. The number of sulfonamides is 1. The fourth-order valence-electron chi connectivity index (χ4n) is 3.55. The van der Waals surface area contributed by atoms with Crippen LogP contribution in [0.2, 0.25) is 0 Å². The van der Waals surface area contributed by atoms with Gasteiger partial charge in [0, 0.05) is 24.2 Å². The third kappa shape index (κ3) is 4.22. The molecule has 1 heterocycles. The summed E-state index contributed by atoms with van der Waals surface area (Å²) in [6, 6.07) is 6.35. The third-order valence-electron chi connectivity index (χ3n) is 4.99. The van der Waals surface area contributed by atoms with Crippen LogP contribution in [0.5, 0.6) is 0 Å². The zero-order valence-electron chi connectivity index (χ0n) is 14.6. The van der Waals surface area contributed by atoms with Crippen LogP contribution in [-0.4, -0.2) is 44.4 Å². The van der Waals surface area contributed by atoms with Crippen molar-refractivity contribution in [3.8, 4) is 0 Å². The smallest absolute Gasteiger partial charge is 0.243 e. The van der Waals surface area contributed by atoms with Gasteiger partial charge >= 0.3 is 0 Å². The minimum absolute atomic E-state index is 0.00557. The fraction of sp³-hybridized carbons (Fsp3) is 0.611. The Kier molecular flexibility index (Phi) is 5.76. The third-order valence-corrected chi connectivity index (χ3v) is 7.00. The SMILES string of the molecule is CC1COCCN1S(=O)(=O)c1cccc(NC(=O)C2CCCCC2)c1. The van der Waals surface area contributed by atoms with Crippen molar-refractivity contribution in [1.29, 1.82) is 0 Å². The highest BCUT2D eigenvalue weighted by molar-refractivity contribution is 7.89. The first-order chi connectivity index (χ1) is 12.0. The summed E-state index contributed by atoms with van der Waals surface area (Å²) in [5, 5.41) is 2.89. The van der Waals surface area contributed by atoms with Crippen molar-refractivity contribution in [3.05, 3.63) is 24.3 Å². The zero-order valence-corrected chi connectivity index (χ0v) is 15.4. The van der Waals surface area contributed by atoms with Crippen LogP contribution in [0.15, 0.2) is 29.2 Å². The summed E-state index contributed by atoms with van der Waals surface area (Å²) in [6.45, 7) is 2.99. The van der Waals surface area contributed by atoms with E-state index in [4.69, 9.17) is 4.74 Å². The molecule has 1 N–H and O–H groups in total. The summed E-state index contributed by atoms with van der Waals surface area (Å²) in [5.74, 6) is 0.0299. The highest BCUT2D eigenvalue weighted by atomic mass is 32.2. The van der Waals surface area contributed by atoms with Crippen molar-refractivity contribution >= 4 is 21.6 Å². The molecule has 25 heavy (non-hydrogen) atoms. The van der Waals surface area contributed by atoms with Crippen LogP contribution in [0.3, 0.4) is 0 Å². The van der Waals surface area contributed by atoms with Crippen molar-refractivity contribution in [3.63, 3.8) is 0 Å². The molecule has 1 saturated heterocycles. The maximum Gasteiger partial charge on any atom is 0.243 e. The molecular formula is C18H26N2O4S.